The van der Waals surface area contributed by atoms with Crippen LogP contribution in [0.2, 0.25) is 0 Å². The lowest BCUT2D eigenvalue weighted by Crippen LogP contribution is -2.39. The molecule has 2 saturated heterocycles. The lowest BCUT2D eigenvalue weighted by atomic mass is 9.99. The molecule has 8 nitrogen and oxygen atoms in total. The number of aryl methyl sites for hydroxylation is 1. The van der Waals surface area contributed by atoms with E-state index in [-0.39, 0.29) is 17.3 Å². The summed E-state index contributed by atoms with van der Waals surface area (Å²) in [5.41, 5.74) is 5.22. The van der Waals surface area contributed by atoms with Crippen molar-refractivity contribution in [3.8, 4) is 0 Å². The Morgan fingerprint density at radius 1 is 1.11 bits per heavy atom. The van der Waals surface area contributed by atoms with E-state index in [4.69, 9.17) is 14.8 Å². The van der Waals surface area contributed by atoms with Crippen molar-refractivity contribution in [2.75, 3.05) is 55.8 Å². The lowest BCUT2D eigenvalue weighted by Gasteiger charge is -2.28. The minimum Gasteiger partial charge on any atom is -0.378 e. The normalized spacial score (nSPS) is 18.9. The maximum atomic E-state index is 14.6. The number of benzene rings is 1. The number of fused-ring (bicyclic) bond motifs is 1. The predicted molar refractivity (Wildman–Crippen MR) is 133 cm³/mol. The first kappa shape index (κ1) is 24.1. The summed E-state index contributed by atoms with van der Waals surface area (Å²) >= 11 is 0. The largest absolute Gasteiger partial charge is 0.378 e. The van der Waals surface area contributed by atoms with Gasteiger partial charge in [-0.05, 0) is 42.2 Å². The molecule has 3 aromatic rings. The lowest BCUT2D eigenvalue weighted by molar-refractivity contribution is 0.122. The number of morpholine rings is 1. The minimum absolute atomic E-state index is 0.165. The summed E-state index contributed by atoms with van der Waals surface area (Å²) in [6.45, 7) is 8.41. The van der Waals surface area contributed by atoms with Crippen LogP contribution in [0.15, 0.2) is 24.3 Å². The zero-order valence-corrected chi connectivity index (χ0v) is 21.2. The molecule has 188 valence electrons. The fourth-order valence-electron chi connectivity index (χ4n) is 4.96. The van der Waals surface area contributed by atoms with E-state index in [1.54, 1.807) is 6.07 Å². The van der Waals surface area contributed by atoms with Gasteiger partial charge >= 0.3 is 0 Å². The highest BCUT2D eigenvalue weighted by molar-refractivity contribution is 7.91. The molecule has 2 aliphatic rings. The standard InChI is InChI=1S/C25H32FN5O3S/c1-3-20-19(5-4-6-21(20)26)16-23-22(17-29-9-13-35(32,33)14-10-29)27-25-18(2)15-24(28-31(23)25)30-7-11-34-12-8-30/h4-6,15H,3,7-14,16-17H2,1-2H3. The van der Waals surface area contributed by atoms with Gasteiger partial charge in [-0.25, -0.2) is 22.3 Å². The molecule has 2 aromatic heterocycles. The number of aromatic nitrogens is 3. The van der Waals surface area contributed by atoms with Crippen LogP contribution >= 0.6 is 0 Å². The van der Waals surface area contributed by atoms with E-state index in [1.807, 2.05) is 24.4 Å². The molecular formula is C25H32FN5O3S. The molecule has 0 N–H and O–H groups in total. The number of rotatable bonds is 6. The van der Waals surface area contributed by atoms with Gasteiger partial charge in [-0.15, -0.1) is 5.10 Å². The van der Waals surface area contributed by atoms with Crippen LogP contribution < -0.4 is 4.90 Å². The molecule has 4 heterocycles. The van der Waals surface area contributed by atoms with Gasteiger partial charge in [0.15, 0.2) is 15.5 Å². The van der Waals surface area contributed by atoms with Crippen molar-refractivity contribution in [3.05, 3.63) is 58.2 Å². The summed E-state index contributed by atoms with van der Waals surface area (Å²) in [7, 11) is -2.97. The molecule has 2 fully saturated rings. The summed E-state index contributed by atoms with van der Waals surface area (Å²) in [5, 5.41) is 4.99. The van der Waals surface area contributed by atoms with Crippen molar-refractivity contribution in [1.82, 2.24) is 19.5 Å². The van der Waals surface area contributed by atoms with Gasteiger partial charge in [-0.2, -0.15) is 0 Å². The maximum absolute atomic E-state index is 14.6. The third kappa shape index (κ3) is 5.05. The highest BCUT2D eigenvalue weighted by Crippen LogP contribution is 2.26. The first-order valence-corrected chi connectivity index (χ1v) is 14.1. The van der Waals surface area contributed by atoms with Gasteiger partial charge in [0.2, 0.25) is 0 Å². The molecule has 0 amide bonds. The molecule has 10 heteroatoms. The average Bonchev–Trinajstić information content (AvgIpc) is 3.18. The maximum Gasteiger partial charge on any atom is 0.157 e. The third-order valence-corrected chi connectivity index (χ3v) is 8.61. The number of sulfone groups is 1. The van der Waals surface area contributed by atoms with Crippen LogP contribution in [0.5, 0.6) is 0 Å². The average molecular weight is 502 g/mol. The molecule has 0 spiro atoms. The molecule has 5 rings (SSSR count). The summed E-state index contributed by atoms with van der Waals surface area (Å²) in [6, 6.07) is 7.29. The Balaban J connectivity index is 1.58. The fraction of sp³-hybridized carbons (Fsp3) is 0.520. The molecule has 0 saturated carbocycles. The van der Waals surface area contributed by atoms with E-state index in [2.05, 4.69) is 15.9 Å². The van der Waals surface area contributed by atoms with E-state index < -0.39 is 9.84 Å². The number of hydrogen-bond acceptors (Lipinski definition) is 7. The number of nitrogens with zero attached hydrogens (tertiary/aromatic N) is 5. The van der Waals surface area contributed by atoms with Crippen molar-refractivity contribution < 1.29 is 17.5 Å². The van der Waals surface area contributed by atoms with Gasteiger partial charge in [0.25, 0.3) is 0 Å². The number of hydrogen-bond donors (Lipinski definition) is 0. The van der Waals surface area contributed by atoms with Gasteiger partial charge in [-0.3, -0.25) is 4.90 Å². The highest BCUT2D eigenvalue weighted by atomic mass is 32.2. The van der Waals surface area contributed by atoms with Crippen molar-refractivity contribution in [1.29, 1.82) is 0 Å². The van der Waals surface area contributed by atoms with Gasteiger partial charge in [0, 0.05) is 39.1 Å². The van der Waals surface area contributed by atoms with E-state index in [0.29, 0.717) is 51.3 Å². The second-order valence-electron chi connectivity index (χ2n) is 9.36. The second kappa shape index (κ2) is 9.83. The second-order valence-corrected chi connectivity index (χ2v) is 11.7. The van der Waals surface area contributed by atoms with Crippen LogP contribution in [-0.4, -0.2) is 78.8 Å². The van der Waals surface area contributed by atoms with Gasteiger partial charge in [0.05, 0.1) is 36.1 Å². The van der Waals surface area contributed by atoms with E-state index in [0.717, 1.165) is 47.1 Å². The number of anilines is 1. The third-order valence-electron chi connectivity index (χ3n) is 7.00. The smallest absolute Gasteiger partial charge is 0.157 e. The van der Waals surface area contributed by atoms with E-state index in [1.165, 1.54) is 6.07 Å². The number of ether oxygens (including phenoxy) is 1. The summed E-state index contributed by atoms with van der Waals surface area (Å²) in [4.78, 5) is 9.33. The summed E-state index contributed by atoms with van der Waals surface area (Å²) in [5.74, 6) is 1.01. The summed E-state index contributed by atoms with van der Waals surface area (Å²) < 4.78 is 45.9. The van der Waals surface area contributed by atoms with Crippen LogP contribution in [0.3, 0.4) is 0 Å². The van der Waals surface area contributed by atoms with Gasteiger partial charge < -0.3 is 9.64 Å². The van der Waals surface area contributed by atoms with E-state index >= 15 is 0 Å². The highest BCUT2D eigenvalue weighted by Gasteiger charge is 2.25. The van der Waals surface area contributed by atoms with Crippen molar-refractivity contribution in [2.24, 2.45) is 0 Å². The van der Waals surface area contributed by atoms with Gasteiger partial charge in [0.1, 0.15) is 11.6 Å². The first-order valence-electron chi connectivity index (χ1n) is 12.2. The van der Waals surface area contributed by atoms with Crippen LogP contribution in [-0.2, 0) is 34.0 Å². The van der Waals surface area contributed by atoms with Crippen molar-refractivity contribution in [3.63, 3.8) is 0 Å². The molecule has 0 atom stereocenters. The van der Waals surface area contributed by atoms with Crippen LogP contribution in [0.25, 0.3) is 5.65 Å². The predicted octanol–water partition coefficient (Wildman–Crippen LogP) is 2.40. The minimum atomic E-state index is -2.97. The molecular weight excluding hydrogens is 469 g/mol. The Bertz CT molecular complexity index is 1320. The molecule has 0 bridgehead atoms. The number of halogens is 1. The zero-order valence-electron chi connectivity index (χ0n) is 20.3. The van der Waals surface area contributed by atoms with Crippen LogP contribution in [0, 0.1) is 12.7 Å². The molecule has 0 unspecified atom stereocenters. The summed E-state index contributed by atoms with van der Waals surface area (Å²) in [6.07, 6.45) is 1.10. The zero-order chi connectivity index (χ0) is 24.6. The van der Waals surface area contributed by atoms with Crippen molar-refractivity contribution in [2.45, 2.75) is 33.2 Å². The topological polar surface area (TPSA) is 80.0 Å². The monoisotopic (exact) mass is 501 g/mol. The van der Waals surface area contributed by atoms with Crippen LogP contribution in [0.1, 0.15) is 35.0 Å². The van der Waals surface area contributed by atoms with E-state index in [9.17, 15) is 12.8 Å². The molecule has 35 heavy (non-hydrogen) atoms. The molecule has 0 radical (unpaired) electrons. The molecule has 0 aliphatic carbocycles. The van der Waals surface area contributed by atoms with Crippen molar-refractivity contribution >= 4 is 21.3 Å². The SMILES string of the molecule is CCc1c(F)cccc1Cc1c(CN2CCS(=O)(=O)CC2)nc2c(C)cc(N3CCOCC3)nn12. The van der Waals surface area contributed by atoms with Gasteiger partial charge in [-0.1, -0.05) is 19.1 Å². The Kier molecular flexibility index (Phi) is 6.78. The van der Waals surface area contributed by atoms with Crippen LogP contribution in [0.4, 0.5) is 10.2 Å². The molecule has 2 aliphatic heterocycles. The Labute approximate surface area is 205 Å². The Hall–Kier alpha value is -2.56. The molecule has 1 aromatic carbocycles. The Morgan fingerprint density at radius 3 is 2.57 bits per heavy atom. The Morgan fingerprint density at radius 2 is 1.86 bits per heavy atom. The first-order chi connectivity index (χ1) is 16.8. The number of imidazole rings is 1. The fourth-order valence-corrected chi connectivity index (χ4v) is 6.24. The quantitative estimate of drug-likeness (QED) is 0.513.